The highest BCUT2D eigenvalue weighted by molar-refractivity contribution is 8.26. The molecular formula is C26H28N4O4S2. The van der Waals surface area contributed by atoms with Crippen molar-refractivity contribution in [2.45, 2.75) is 53.1 Å². The third kappa shape index (κ3) is 4.99. The number of nitrogens with one attached hydrogen (secondary N) is 1. The van der Waals surface area contributed by atoms with Gasteiger partial charge in [0.25, 0.3) is 11.5 Å². The number of pyridine rings is 1. The lowest BCUT2D eigenvalue weighted by atomic mass is 10.0. The Hall–Kier alpha value is -3.29. The largest absolute Gasteiger partial charge is 0.454 e. The van der Waals surface area contributed by atoms with Crippen LogP contribution in [0.3, 0.4) is 0 Å². The van der Waals surface area contributed by atoms with Crippen molar-refractivity contribution < 1.29 is 14.3 Å². The maximum absolute atomic E-state index is 13.3. The summed E-state index contributed by atoms with van der Waals surface area (Å²) in [5, 5.41) is 13.2. The molecule has 3 heterocycles. The summed E-state index contributed by atoms with van der Waals surface area (Å²) in [7, 11) is 0. The van der Waals surface area contributed by atoms with E-state index < -0.39 is 0 Å². The van der Waals surface area contributed by atoms with Crippen LogP contribution in [-0.4, -0.2) is 33.0 Å². The molecule has 4 rings (SSSR count). The number of rotatable bonds is 9. The first kappa shape index (κ1) is 25.8. The Morgan fingerprint density at radius 1 is 1.19 bits per heavy atom. The van der Waals surface area contributed by atoms with Crippen LogP contribution in [0, 0.1) is 18.3 Å². The van der Waals surface area contributed by atoms with Gasteiger partial charge in [-0.3, -0.25) is 19.1 Å². The quantitative estimate of drug-likeness (QED) is 0.370. The lowest BCUT2D eigenvalue weighted by molar-refractivity contribution is -0.122. The van der Waals surface area contributed by atoms with Crippen molar-refractivity contribution in [2.75, 3.05) is 18.7 Å². The van der Waals surface area contributed by atoms with E-state index in [9.17, 15) is 14.9 Å². The molecule has 0 radical (unpaired) electrons. The summed E-state index contributed by atoms with van der Waals surface area (Å²) in [6.45, 7) is 7.39. The first-order chi connectivity index (χ1) is 17.4. The van der Waals surface area contributed by atoms with Crippen molar-refractivity contribution in [3.8, 4) is 17.6 Å². The van der Waals surface area contributed by atoms with Gasteiger partial charge in [-0.15, -0.1) is 0 Å². The summed E-state index contributed by atoms with van der Waals surface area (Å²) in [6.07, 6.45) is 4.20. The molecule has 0 atom stereocenters. The van der Waals surface area contributed by atoms with Crippen molar-refractivity contribution in [2.24, 2.45) is 0 Å². The molecule has 36 heavy (non-hydrogen) atoms. The van der Waals surface area contributed by atoms with E-state index in [1.165, 1.54) is 11.8 Å². The Labute approximate surface area is 219 Å². The number of thioether (sulfide) groups is 1. The van der Waals surface area contributed by atoms with Crippen LogP contribution in [-0.2, 0) is 17.9 Å². The van der Waals surface area contributed by atoms with Crippen LogP contribution in [0.4, 0.5) is 5.82 Å². The average molecular weight is 525 g/mol. The number of amides is 1. The molecule has 0 aliphatic carbocycles. The Bertz CT molecular complexity index is 1340. The summed E-state index contributed by atoms with van der Waals surface area (Å²) in [5.74, 6) is 1.79. The summed E-state index contributed by atoms with van der Waals surface area (Å²) >= 11 is 6.67. The molecule has 0 unspecified atom stereocenters. The summed E-state index contributed by atoms with van der Waals surface area (Å²) in [4.78, 5) is 28.4. The zero-order chi connectivity index (χ0) is 25.8. The minimum atomic E-state index is -0.340. The number of hydrogen-bond acceptors (Lipinski definition) is 8. The zero-order valence-electron chi connectivity index (χ0n) is 20.6. The molecule has 2 aliphatic heterocycles. The van der Waals surface area contributed by atoms with Gasteiger partial charge in [-0.25, -0.2) is 0 Å². The lowest BCUT2D eigenvalue weighted by Gasteiger charge is -2.20. The molecule has 1 N–H and O–H groups in total. The minimum Gasteiger partial charge on any atom is -0.454 e. The number of thiocarbonyl (C=S) groups is 1. The highest BCUT2D eigenvalue weighted by atomic mass is 32.2. The number of benzene rings is 1. The predicted octanol–water partition coefficient (Wildman–Crippen LogP) is 4.78. The van der Waals surface area contributed by atoms with Crippen LogP contribution in [0.25, 0.3) is 6.08 Å². The van der Waals surface area contributed by atoms with Crippen molar-refractivity contribution in [3.63, 3.8) is 0 Å². The number of unbranched alkanes of at least 4 members (excludes halogenated alkanes) is 1. The molecule has 188 valence electrons. The normalized spacial score (nSPS) is 15.6. The number of anilines is 1. The van der Waals surface area contributed by atoms with Gasteiger partial charge in [0.15, 0.2) is 11.5 Å². The molecule has 0 bridgehead atoms. The van der Waals surface area contributed by atoms with Crippen LogP contribution in [0.15, 0.2) is 27.9 Å². The molecule has 2 aliphatic rings. The number of ether oxygens (including phenoxy) is 2. The second kappa shape index (κ2) is 11.2. The maximum atomic E-state index is 13.3. The average Bonchev–Trinajstić information content (AvgIpc) is 3.44. The maximum Gasteiger partial charge on any atom is 0.270 e. The van der Waals surface area contributed by atoms with Gasteiger partial charge in [0.1, 0.15) is 21.8 Å². The molecule has 1 aromatic heterocycles. The van der Waals surface area contributed by atoms with Crippen LogP contribution in [0.1, 0.15) is 55.4 Å². The fraction of sp³-hybridized carbons (Fsp3) is 0.385. The molecule has 2 aromatic rings. The fourth-order valence-corrected chi connectivity index (χ4v) is 5.46. The van der Waals surface area contributed by atoms with E-state index in [1.807, 2.05) is 32.0 Å². The number of carbonyl (C=O) groups is 1. The third-order valence-electron chi connectivity index (χ3n) is 6.10. The van der Waals surface area contributed by atoms with Crippen LogP contribution in [0.5, 0.6) is 11.5 Å². The highest BCUT2D eigenvalue weighted by Gasteiger charge is 2.32. The zero-order valence-corrected chi connectivity index (χ0v) is 22.2. The second-order valence-corrected chi connectivity index (χ2v) is 10.2. The van der Waals surface area contributed by atoms with Crippen LogP contribution < -0.4 is 20.3 Å². The van der Waals surface area contributed by atoms with E-state index in [0.717, 1.165) is 24.8 Å². The molecule has 8 nitrogen and oxygen atoms in total. The predicted molar refractivity (Wildman–Crippen MR) is 145 cm³/mol. The highest BCUT2D eigenvalue weighted by Crippen LogP contribution is 2.36. The SMILES string of the molecule is CCCCn1c(NCc2ccc3c(c2)OCO3)c(/C=C2/SC(=S)N(CCC)C2=O)c(C)c(C#N)c1=O. The Morgan fingerprint density at radius 2 is 1.97 bits per heavy atom. The minimum absolute atomic E-state index is 0.0787. The van der Waals surface area contributed by atoms with Gasteiger partial charge in [0.05, 0.1) is 4.91 Å². The van der Waals surface area contributed by atoms with E-state index in [2.05, 4.69) is 11.4 Å². The van der Waals surface area contributed by atoms with Crippen molar-refractivity contribution >= 4 is 46.1 Å². The molecule has 1 amide bonds. The van der Waals surface area contributed by atoms with Gasteiger partial charge in [-0.1, -0.05) is 50.3 Å². The van der Waals surface area contributed by atoms with Crippen LogP contribution >= 0.6 is 24.0 Å². The summed E-state index contributed by atoms with van der Waals surface area (Å²) in [6, 6.07) is 7.76. The van der Waals surface area contributed by atoms with Gasteiger partial charge < -0.3 is 14.8 Å². The Balaban J connectivity index is 1.80. The Morgan fingerprint density at radius 3 is 2.69 bits per heavy atom. The molecule has 1 saturated heterocycles. The standard InChI is InChI=1S/C26H28N4O4S2/c1-4-6-10-29-23(28-14-17-7-8-20-21(11-17)34-15-33-20)18(16(3)19(13-27)24(29)31)12-22-25(32)30(9-5-2)26(35)36-22/h7-8,11-12,28H,4-6,9-10,14-15H2,1-3H3/b22-12+. The number of aromatic nitrogens is 1. The number of fused-ring (bicyclic) bond motifs is 1. The second-order valence-electron chi connectivity index (χ2n) is 8.56. The fourth-order valence-electron chi connectivity index (χ4n) is 4.17. The molecule has 10 heteroatoms. The van der Waals surface area contributed by atoms with Gasteiger partial charge in [-0.2, -0.15) is 5.26 Å². The van der Waals surface area contributed by atoms with Crippen molar-refractivity contribution in [1.29, 1.82) is 5.26 Å². The molecule has 1 fully saturated rings. The lowest BCUT2D eigenvalue weighted by Crippen LogP contribution is -2.29. The van der Waals surface area contributed by atoms with Gasteiger partial charge in [-0.05, 0) is 49.1 Å². The number of hydrogen-bond donors (Lipinski definition) is 1. The topological polar surface area (TPSA) is 96.6 Å². The van der Waals surface area contributed by atoms with E-state index in [1.54, 1.807) is 22.5 Å². The van der Waals surface area contributed by atoms with E-state index >= 15 is 0 Å². The number of nitrogens with zero attached hydrogens (tertiary/aromatic N) is 3. The van der Waals surface area contributed by atoms with Gasteiger partial charge >= 0.3 is 0 Å². The summed E-state index contributed by atoms with van der Waals surface area (Å²) in [5.41, 5.74) is 1.85. The van der Waals surface area contributed by atoms with E-state index in [-0.39, 0.29) is 23.8 Å². The third-order valence-corrected chi connectivity index (χ3v) is 7.48. The molecule has 0 saturated carbocycles. The van der Waals surface area contributed by atoms with Crippen molar-refractivity contribution in [3.05, 3.63) is 55.7 Å². The number of nitriles is 1. The Kier molecular flexibility index (Phi) is 8.01. The monoisotopic (exact) mass is 524 g/mol. The molecule has 1 aromatic carbocycles. The van der Waals surface area contributed by atoms with E-state index in [4.69, 9.17) is 21.7 Å². The summed E-state index contributed by atoms with van der Waals surface area (Å²) < 4.78 is 13.0. The first-order valence-electron chi connectivity index (χ1n) is 11.9. The number of carbonyl (C=O) groups excluding carboxylic acids is 1. The van der Waals surface area contributed by atoms with Crippen molar-refractivity contribution in [1.82, 2.24) is 9.47 Å². The molecular weight excluding hydrogens is 496 g/mol. The van der Waals surface area contributed by atoms with Gasteiger partial charge in [0, 0.05) is 25.2 Å². The van der Waals surface area contributed by atoms with E-state index in [0.29, 0.717) is 57.3 Å². The smallest absolute Gasteiger partial charge is 0.270 e. The molecule has 0 spiro atoms. The van der Waals surface area contributed by atoms with Gasteiger partial charge in [0.2, 0.25) is 6.79 Å². The first-order valence-corrected chi connectivity index (χ1v) is 13.2. The van der Waals surface area contributed by atoms with Crippen LogP contribution in [0.2, 0.25) is 0 Å².